The third kappa shape index (κ3) is 4.89. The molecule has 0 aromatic heterocycles. The molecule has 2 heterocycles. The summed E-state index contributed by atoms with van der Waals surface area (Å²) in [6.07, 6.45) is -0.545. The number of ether oxygens (including phenoxy) is 3. The summed E-state index contributed by atoms with van der Waals surface area (Å²) in [5, 5.41) is 10.9. The van der Waals surface area contributed by atoms with Crippen molar-refractivity contribution in [2.45, 2.75) is 12.6 Å². The lowest BCUT2D eigenvalue weighted by molar-refractivity contribution is 0.0446. The molecule has 2 aromatic rings. The molecule has 0 saturated carbocycles. The molecule has 7 heteroatoms. The van der Waals surface area contributed by atoms with E-state index in [1.807, 2.05) is 24.3 Å². The molecule has 4 rings (SSSR count). The number of aliphatic hydroxyl groups is 1. The quantitative estimate of drug-likeness (QED) is 0.765. The van der Waals surface area contributed by atoms with Gasteiger partial charge in [0.15, 0.2) is 11.5 Å². The van der Waals surface area contributed by atoms with Gasteiger partial charge in [0.1, 0.15) is 18.5 Å². The average Bonchev–Trinajstić information content (AvgIpc) is 3.17. The molecule has 1 saturated heterocycles. The second-order valence-corrected chi connectivity index (χ2v) is 7.57. The van der Waals surface area contributed by atoms with Gasteiger partial charge in [0, 0.05) is 39.3 Å². The van der Waals surface area contributed by atoms with Crippen LogP contribution in [0.4, 0.5) is 0 Å². The Hall–Kier alpha value is -1.99. The summed E-state index contributed by atoms with van der Waals surface area (Å²) in [5.41, 5.74) is 1.23. The van der Waals surface area contributed by atoms with Crippen molar-refractivity contribution >= 4 is 11.6 Å². The molecule has 1 N–H and O–H groups in total. The lowest BCUT2D eigenvalue weighted by Gasteiger charge is -2.35. The minimum Gasteiger partial charge on any atom is -0.489 e. The summed E-state index contributed by atoms with van der Waals surface area (Å²) in [6, 6.07) is 13.4. The first-order valence-electron chi connectivity index (χ1n) is 9.56. The van der Waals surface area contributed by atoms with E-state index in [1.165, 1.54) is 5.56 Å². The summed E-state index contributed by atoms with van der Waals surface area (Å²) in [6.45, 7) is 5.81. The van der Waals surface area contributed by atoms with Crippen LogP contribution in [0.25, 0.3) is 0 Å². The van der Waals surface area contributed by atoms with Gasteiger partial charge in [-0.05, 0) is 29.8 Å². The Labute approximate surface area is 170 Å². The van der Waals surface area contributed by atoms with Crippen LogP contribution in [0.2, 0.25) is 5.02 Å². The molecule has 0 radical (unpaired) electrons. The zero-order valence-electron chi connectivity index (χ0n) is 15.7. The van der Waals surface area contributed by atoms with Gasteiger partial charge in [-0.2, -0.15) is 0 Å². The van der Waals surface area contributed by atoms with Crippen molar-refractivity contribution in [3.8, 4) is 17.2 Å². The van der Waals surface area contributed by atoms with Gasteiger partial charge in [0.2, 0.25) is 6.79 Å². The van der Waals surface area contributed by atoms with Crippen LogP contribution in [0.3, 0.4) is 0 Å². The number of rotatable bonds is 7. The standard InChI is InChI=1S/C21H25ClN2O4/c22-18-3-1-2-4-19(18)26-14-17(25)13-24-9-7-23(8-10-24)12-16-5-6-20-21(11-16)28-15-27-20/h1-6,11,17,25H,7-10,12-15H2. The van der Waals surface area contributed by atoms with Crippen LogP contribution in [0, 0.1) is 0 Å². The van der Waals surface area contributed by atoms with E-state index < -0.39 is 6.10 Å². The van der Waals surface area contributed by atoms with Gasteiger partial charge < -0.3 is 19.3 Å². The monoisotopic (exact) mass is 404 g/mol. The highest BCUT2D eigenvalue weighted by atomic mass is 35.5. The highest BCUT2D eigenvalue weighted by molar-refractivity contribution is 6.32. The number of para-hydroxylation sites is 1. The van der Waals surface area contributed by atoms with E-state index >= 15 is 0 Å². The summed E-state index contributed by atoms with van der Waals surface area (Å²) in [4.78, 5) is 4.69. The molecule has 1 unspecified atom stereocenters. The Morgan fingerprint density at radius 2 is 1.75 bits per heavy atom. The zero-order valence-corrected chi connectivity index (χ0v) is 16.5. The first kappa shape index (κ1) is 19.3. The van der Waals surface area contributed by atoms with E-state index in [4.69, 9.17) is 25.8 Å². The number of hydrogen-bond donors (Lipinski definition) is 1. The number of aliphatic hydroxyl groups excluding tert-OH is 1. The van der Waals surface area contributed by atoms with Crippen molar-refractivity contribution in [2.75, 3.05) is 46.1 Å². The third-order valence-electron chi connectivity index (χ3n) is 5.04. The highest BCUT2D eigenvalue weighted by Crippen LogP contribution is 2.32. The van der Waals surface area contributed by atoms with E-state index in [0.717, 1.165) is 44.2 Å². The Morgan fingerprint density at radius 1 is 1.00 bits per heavy atom. The number of β-amino-alcohol motifs (C(OH)–C–C–N with tert-alkyl or cyclic N) is 1. The summed E-state index contributed by atoms with van der Waals surface area (Å²) in [7, 11) is 0. The van der Waals surface area contributed by atoms with Crippen molar-refractivity contribution in [3.63, 3.8) is 0 Å². The van der Waals surface area contributed by atoms with Gasteiger partial charge in [-0.25, -0.2) is 0 Å². The SMILES string of the molecule is OC(COc1ccccc1Cl)CN1CCN(Cc2ccc3c(c2)OCO3)CC1. The number of fused-ring (bicyclic) bond motifs is 1. The molecule has 0 amide bonds. The van der Waals surface area contributed by atoms with E-state index in [2.05, 4.69) is 21.9 Å². The number of nitrogens with zero attached hydrogens (tertiary/aromatic N) is 2. The van der Waals surface area contributed by atoms with E-state index in [-0.39, 0.29) is 6.61 Å². The van der Waals surface area contributed by atoms with Gasteiger partial charge in [0.25, 0.3) is 0 Å². The second-order valence-electron chi connectivity index (χ2n) is 7.16. The van der Waals surface area contributed by atoms with Crippen molar-refractivity contribution in [3.05, 3.63) is 53.1 Å². The van der Waals surface area contributed by atoms with Gasteiger partial charge in [-0.15, -0.1) is 0 Å². The van der Waals surface area contributed by atoms with E-state index in [9.17, 15) is 5.11 Å². The Morgan fingerprint density at radius 3 is 2.57 bits per heavy atom. The van der Waals surface area contributed by atoms with Crippen LogP contribution in [0.15, 0.2) is 42.5 Å². The molecule has 0 bridgehead atoms. The topological polar surface area (TPSA) is 54.4 Å². The molecular formula is C21H25ClN2O4. The molecule has 28 heavy (non-hydrogen) atoms. The molecule has 150 valence electrons. The van der Waals surface area contributed by atoms with Crippen LogP contribution < -0.4 is 14.2 Å². The molecule has 1 atom stereocenters. The summed E-state index contributed by atoms with van der Waals surface area (Å²) >= 11 is 6.08. The van der Waals surface area contributed by atoms with Gasteiger partial charge in [-0.3, -0.25) is 9.80 Å². The van der Waals surface area contributed by atoms with Crippen LogP contribution in [-0.2, 0) is 6.54 Å². The molecule has 0 spiro atoms. The molecular weight excluding hydrogens is 380 g/mol. The Kier molecular flexibility index (Phi) is 6.22. The van der Waals surface area contributed by atoms with Crippen molar-refractivity contribution in [2.24, 2.45) is 0 Å². The second kappa shape index (κ2) is 9.01. The van der Waals surface area contributed by atoms with Crippen molar-refractivity contribution in [1.82, 2.24) is 9.80 Å². The minimum absolute atomic E-state index is 0.237. The molecule has 2 aliphatic heterocycles. The number of hydrogen-bond acceptors (Lipinski definition) is 6. The van der Waals surface area contributed by atoms with Crippen molar-refractivity contribution < 1.29 is 19.3 Å². The molecule has 2 aromatic carbocycles. The first-order valence-corrected chi connectivity index (χ1v) is 9.94. The molecule has 6 nitrogen and oxygen atoms in total. The fraction of sp³-hybridized carbons (Fsp3) is 0.429. The zero-order chi connectivity index (χ0) is 19.3. The Bertz CT molecular complexity index is 796. The number of piperazine rings is 1. The maximum absolute atomic E-state index is 10.3. The fourth-order valence-corrected chi connectivity index (χ4v) is 3.72. The van der Waals surface area contributed by atoms with Crippen LogP contribution >= 0.6 is 11.6 Å². The van der Waals surface area contributed by atoms with Crippen LogP contribution in [0.1, 0.15) is 5.56 Å². The van der Waals surface area contributed by atoms with E-state index in [0.29, 0.717) is 24.1 Å². The van der Waals surface area contributed by atoms with Gasteiger partial charge in [0.05, 0.1) is 5.02 Å². The smallest absolute Gasteiger partial charge is 0.231 e. The number of benzene rings is 2. The number of halogens is 1. The third-order valence-corrected chi connectivity index (χ3v) is 5.36. The van der Waals surface area contributed by atoms with Crippen LogP contribution in [0.5, 0.6) is 17.2 Å². The minimum atomic E-state index is -0.545. The predicted octanol–water partition coefficient (Wildman–Crippen LogP) is 2.63. The van der Waals surface area contributed by atoms with Gasteiger partial charge >= 0.3 is 0 Å². The summed E-state index contributed by atoms with van der Waals surface area (Å²) < 4.78 is 16.5. The maximum atomic E-state index is 10.3. The largest absolute Gasteiger partial charge is 0.489 e. The molecule has 2 aliphatic rings. The Balaban J connectivity index is 1.19. The van der Waals surface area contributed by atoms with Gasteiger partial charge in [-0.1, -0.05) is 29.8 Å². The van der Waals surface area contributed by atoms with Crippen LogP contribution in [-0.4, -0.2) is 67.1 Å². The summed E-state index contributed by atoms with van der Waals surface area (Å²) in [5.74, 6) is 2.26. The first-order chi connectivity index (χ1) is 13.7. The molecule has 0 aliphatic carbocycles. The normalized spacial score (nSPS) is 18.2. The lowest BCUT2D eigenvalue weighted by Crippen LogP contribution is -2.48. The predicted molar refractivity (Wildman–Crippen MR) is 107 cm³/mol. The van der Waals surface area contributed by atoms with E-state index in [1.54, 1.807) is 6.07 Å². The highest BCUT2D eigenvalue weighted by Gasteiger charge is 2.21. The maximum Gasteiger partial charge on any atom is 0.231 e. The fourth-order valence-electron chi connectivity index (χ4n) is 3.53. The average molecular weight is 405 g/mol. The molecule has 1 fully saturated rings. The lowest BCUT2D eigenvalue weighted by atomic mass is 10.1. The van der Waals surface area contributed by atoms with Crippen molar-refractivity contribution in [1.29, 1.82) is 0 Å².